The maximum Gasteiger partial charge on any atom is 0.259 e. The summed E-state index contributed by atoms with van der Waals surface area (Å²) in [6.45, 7) is 3.85. The molecule has 2 aromatic carbocycles. The predicted molar refractivity (Wildman–Crippen MR) is 121 cm³/mol. The first-order valence-electron chi connectivity index (χ1n) is 10.5. The molecule has 1 aliphatic heterocycles. The number of hydrogen-bond donors (Lipinski definition) is 1. The van der Waals surface area contributed by atoms with Crippen LogP contribution >= 0.6 is 0 Å². The number of rotatable bonds is 6. The first-order valence-corrected chi connectivity index (χ1v) is 11.9. The highest BCUT2D eigenvalue weighted by atomic mass is 32.2. The molecule has 0 saturated carbocycles. The van der Waals surface area contributed by atoms with E-state index in [1.165, 1.54) is 22.6 Å². The van der Waals surface area contributed by atoms with E-state index in [9.17, 15) is 18.0 Å². The number of benzene rings is 2. The number of hydrogen-bond acceptors (Lipinski definition) is 5. The topological polar surface area (TPSA) is 99.8 Å². The van der Waals surface area contributed by atoms with Crippen LogP contribution < -0.4 is 5.43 Å². The number of fused-ring (bicyclic) bond motifs is 1. The van der Waals surface area contributed by atoms with Crippen molar-refractivity contribution < 1.29 is 17.9 Å². The molecule has 1 fully saturated rings. The third-order valence-electron chi connectivity index (χ3n) is 5.58. The van der Waals surface area contributed by atoms with Gasteiger partial charge in [-0.05, 0) is 30.7 Å². The van der Waals surface area contributed by atoms with E-state index >= 15 is 0 Å². The number of aromatic nitrogens is 1. The molecule has 1 N–H and O–H groups in total. The van der Waals surface area contributed by atoms with Gasteiger partial charge < -0.3 is 14.6 Å². The van der Waals surface area contributed by atoms with Crippen molar-refractivity contribution in [1.82, 2.24) is 14.2 Å². The number of amides is 1. The number of pyridine rings is 1. The Morgan fingerprint density at radius 2 is 1.84 bits per heavy atom. The fraction of sp³-hybridized carbons (Fsp3) is 0.304. The zero-order chi connectivity index (χ0) is 22.7. The molecule has 1 aromatic heterocycles. The van der Waals surface area contributed by atoms with E-state index in [2.05, 4.69) is 4.98 Å². The van der Waals surface area contributed by atoms with Crippen molar-refractivity contribution in [3.8, 4) is 0 Å². The Morgan fingerprint density at radius 1 is 1.12 bits per heavy atom. The molecule has 2 heterocycles. The Balaban J connectivity index is 1.69. The SMILES string of the molecule is CCN(Cc1ccccc1)C(=O)c1c[nH]c2ccc(S(=O)(=O)N3CCOCC3)cc2c1=O. The minimum Gasteiger partial charge on any atom is -0.379 e. The van der Waals surface area contributed by atoms with E-state index in [1.807, 2.05) is 37.3 Å². The second kappa shape index (κ2) is 9.23. The molecule has 0 atom stereocenters. The smallest absolute Gasteiger partial charge is 0.259 e. The molecule has 4 rings (SSSR count). The highest BCUT2D eigenvalue weighted by molar-refractivity contribution is 7.89. The van der Waals surface area contributed by atoms with Crippen LogP contribution in [0.25, 0.3) is 10.9 Å². The quantitative estimate of drug-likeness (QED) is 0.614. The van der Waals surface area contributed by atoms with Crippen LogP contribution in [0.15, 0.2) is 64.4 Å². The predicted octanol–water partition coefficient (Wildman–Crippen LogP) is 2.21. The van der Waals surface area contributed by atoms with Crippen LogP contribution in [0.5, 0.6) is 0 Å². The molecule has 0 unspecified atom stereocenters. The maximum atomic E-state index is 13.2. The van der Waals surface area contributed by atoms with Crippen LogP contribution in [-0.2, 0) is 21.3 Å². The number of ether oxygens (including phenoxy) is 1. The molecule has 8 nitrogen and oxygen atoms in total. The third kappa shape index (κ3) is 4.32. The zero-order valence-corrected chi connectivity index (χ0v) is 18.6. The van der Waals surface area contributed by atoms with Crippen molar-refractivity contribution in [2.24, 2.45) is 0 Å². The molecule has 32 heavy (non-hydrogen) atoms. The fourth-order valence-corrected chi connectivity index (χ4v) is 5.19. The van der Waals surface area contributed by atoms with Crippen molar-refractivity contribution >= 4 is 26.8 Å². The van der Waals surface area contributed by atoms with Crippen molar-refractivity contribution in [2.45, 2.75) is 18.4 Å². The fourth-order valence-electron chi connectivity index (χ4n) is 3.75. The van der Waals surface area contributed by atoms with Gasteiger partial charge in [-0.3, -0.25) is 9.59 Å². The Bertz CT molecular complexity index is 1280. The molecule has 0 spiro atoms. The van der Waals surface area contributed by atoms with Gasteiger partial charge in [-0.15, -0.1) is 0 Å². The van der Waals surface area contributed by atoms with Gasteiger partial charge in [-0.25, -0.2) is 8.42 Å². The monoisotopic (exact) mass is 455 g/mol. The molecule has 9 heteroatoms. The van der Waals surface area contributed by atoms with Gasteiger partial charge in [0, 0.05) is 43.3 Å². The zero-order valence-electron chi connectivity index (χ0n) is 17.8. The Hall–Kier alpha value is -3.01. The standard InChI is InChI=1S/C23H25N3O5S/c1-2-25(16-17-6-4-3-5-7-17)23(28)20-15-24-21-9-8-18(14-19(21)22(20)27)32(29,30)26-10-12-31-13-11-26/h3-9,14-15H,2,10-13,16H2,1H3,(H,24,27). The summed E-state index contributed by atoms with van der Waals surface area (Å²) in [7, 11) is -3.76. The number of carbonyl (C=O) groups excluding carboxylic acids is 1. The van der Waals surface area contributed by atoms with Gasteiger partial charge in [-0.2, -0.15) is 4.31 Å². The van der Waals surface area contributed by atoms with Gasteiger partial charge in [0.15, 0.2) is 0 Å². The highest BCUT2D eigenvalue weighted by Gasteiger charge is 2.27. The molecule has 1 aliphatic rings. The lowest BCUT2D eigenvalue weighted by Gasteiger charge is -2.26. The number of nitrogens with zero attached hydrogens (tertiary/aromatic N) is 2. The van der Waals surface area contributed by atoms with Crippen molar-refractivity contribution in [1.29, 1.82) is 0 Å². The maximum absolute atomic E-state index is 13.2. The van der Waals surface area contributed by atoms with Crippen molar-refractivity contribution in [3.63, 3.8) is 0 Å². The molecule has 1 amide bonds. The lowest BCUT2D eigenvalue weighted by atomic mass is 10.1. The van der Waals surface area contributed by atoms with Crippen LogP contribution in [0.4, 0.5) is 0 Å². The molecular formula is C23H25N3O5S. The Labute approximate surface area is 186 Å². The number of morpholine rings is 1. The highest BCUT2D eigenvalue weighted by Crippen LogP contribution is 2.21. The first kappa shape index (κ1) is 22.2. The van der Waals surface area contributed by atoms with Crippen LogP contribution in [0.3, 0.4) is 0 Å². The number of sulfonamides is 1. The van der Waals surface area contributed by atoms with Gasteiger partial charge in [-0.1, -0.05) is 30.3 Å². The van der Waals surface area contributed by atoms with E-state index in [1.54, 1.807) is 11.0 Å². The number of nitrogens with one attached hydrogen (secondary N) is 1. The molecular weight excluding hydrogens is 430 g/mol. The largest absolute Gasteiger partial charge is 0.379 e. The first-order chi connectivity index (χ1) is 15.4. The summed E-state index contributed by atoms with van der Waals surface area (Å²) in [4.78, 5) is 30.9. The minimum absolute atomic E-state index is 0.0174. The van der Waals surface area contributed by atoms with E-state index in [-0.39, 0.29) is 28.9 Å². The Kier molecular flexibility index (Phi) is 6.40. The molecule has 1 saturated heterocycles. The van der Waals surface area contributed by atoms with Crippen LogP contribution in [0.2, 0.25) is 0 Å². The molecule has 0 bridgehead atoms. The summed E-state index contributed by atoms with van der Waals surface area (Å²) in [5, 5.41) is 0.168. The summed E-state index contributed by atoms with van der Waals surface area (Å²) in [5.74, 6) is -0.402. The van der Waals surface area contributed by atoms with Gasteiger partial charge in [0.25, 0.3) is 5.91 Å². The van der Waals surface area contributed by atoms with E-state index in [0.717, 1.165) is 5.56 Å². The average molecular weight is 456 g/mol. The van der Waals surface area contributed by atoms with Gasteiger partial charge in [0.1, 0.15) is 5.56 Å². The lowest BCUT2D eigenvalue weighted by Crippen LogP contribution is -2.40. The molecule has 3 aromatic rings. The summed E-state index contributed by atoms with van der Waals surface area (Å²) in [6.07, 6.45) is 1.40. The summed E-state index contributed by atoms with van der Waals surface area (Å²) >= 11 is 0. The Morgan fingerprint density at radius 3 is 2.53 bits per heavy atom. The van der Waals surface area contributed by atoms with E-state index in [0.29, 0.717) is 31.8 Å². The molecule has 168 valence electrons. The molecule has 0 aliphatic carbocycles. The van der Waals surface area contributed by atoms with Crippen LogP contribution in [0, 0.1) is 0 Å². The molecule has 0 radical (unpaired) electrons. The number of aromatic amines is 1. The van der Waals surface area contributed by atoms with Crippen molar-refractivity contribution in [2.75, 3.05) is 32.8 Å². The van der Waals surface area contributed by atoms with Crippen LogP contribution in [0.1, 0.15) is 22.8 Å². The van der Waals surface area contributed by atoms with Crippen molar-refractivity contribution in [3.05, 3.63) is 76.1 Å². The summed E-state index contributed by atoms with van der Waals surface area (Å²) in [6, 6.07) is 13.9. The van der Waals surface area contributed by atoms with Gasteiger partial charge in [0.05, 0.1) is 18.1 Å². The third-order valence-corrected chi connectivity index (χ3v) is 7.47. The second-order valence-electron chi connectivity index (χ2n) is 7.56. The van der Waals surface area contributed by atoms with E-state index < -0.39 is 21.4 Å². The van der Waals surface area contributed by atoms with Gasteiger partial charge >= 0.3 is 0 Å². The van der Waals surface area contributed by atoms with E-state index in [4.69, 9.17) is 4.74 Å². The van der Waals surface area contributed by atoms with Gasteiger partial charge in [0.2, 0.25) is 15.5 Å². The summed E-state index contributed by atoms with van der Waals surface area (Å²) in [5.41, 5.74) is 0.919. The normalized spacial score (nSPS) is 15.0. The average Bonchev–Trinajstić information content (AvgIpc) is 2.83. The summed E-state index contributed by atoms with van der Waals surface area (Å²) < 4.78 is 32.6. The minimum atomic E-state index is -3.76. The lowest BCUT2D eigenvalue weighted by molar-refractivity contribution is 0.0730. The van der Waals surface area contributed by atoms with Crippen LogP contribution in [-0.4, -0.2) is 61.4 Å². The number of H-pyrrole nitrogens is 1. The second-order valence-corrected chi connectivity index (χ2v) is 9.50. The number of carbonyl (C=O) groups is 1.